The van der Waals surface area contributed by atoms with Crippen molar-refractivity contribution in [2.24, 2.45) is 0 Å². The lowest BCUT2D eigenvalue weighted by Gasteiger charge is -2.07. The highest BCUT2D eigenvalue weighted by Crippen LogP contribution is 2.10. The number of hydrogen-bond donors (Lipinski definition) is 2. The fourth-order valence-corrected chi connectivity index (χ4v) is 2.67. The van der Waals surface area contributed by atoms with Crippen LogP contribution in [0.2, 0.25) is 0 Å². The second-order valence-corrected chi connectivity index (χ2v) is 6.67. The molecular weight excluding hydrogens is 338 g/mol. The first-order valence-electron chi connectivity index (χ1n) is 9.83. The van der Waals surface area contributed by atoms with Gasteiger partial charge in [0.05, 0.1) is 33.0 Å². The Bertz CT molecular complexity index is 280. The molecule has 25 heavy (non-hydrogen) atoms. The molecule has 0 radical (unpaired) electrons. The van der Waals surface area contributed by atoms with Crippen LogP contribution in [-0.4, -0.2) is 58.3 Å². The minimum absolute atomic E-state index is 0.131. The smallest absolute Gasteiger partial charge is 0.220 e. The topological polar surface area (TPSA) is 56.8 Å². The van der Waals surface area contributed by atoms with Crippen LogP contribution in [0.5, 0.6) is 0 Å². The van der Waals surface area contributed by atoms with Gasteiger partial charge in [-0.15, -0.1) is 0 Å². The van der Waals surface area contributed by atoms with Gasteiger partial charge in [0.1, 0.15) is 0 Å². The quantitative estimate of drug-likeness (QED) is 0.251. The van der Waals surface area contributed by atoms with Crippen molar-refractivity contribution in [1.82, 2.24) is 5.32 Å². The summed E-state index contributed by atoms with van der Waals surface area (Å²) in [5, 5.41) is 2.89. The molecule has 0 spiro atoms. The summed E-state index contributed by atoms with van der Waals surface area (Å²) in [6.45, 7) is 3.41. The maximum atomic E-state index is 11.7. The van der Waals surface area contributed by atoms with E-state index in [0.29, 0.717) is 46.0 Å². The minimum atomic E-state index is 0.131. The zero-order chi connectivity index (χ0) is 18.4. The Balaban J connectivity index is 3.13. The van der Waals surface area contributed by atoms with Gasteiger partial charge in [-0.05, 0) is 18.6 Å². The Kier molecular flexibility index (Phi) is 21.5. The number of thiol groups is 1. The van der Waals surface area contributed by atoms with Gasteiger partial charge in [0.2, 0.25) is 5.91 Å². The molecule has 0 fully saturated rings. The van der Waals surface area contributed by atoms with Gasteiger partial charge in [0, 0.05) is 20.1 Å². The molecule has 1 amide bonds. The molecule has 0 aromatic carbocycles. The van der Waals surface area contributed by atoms with E-state index in [-0.39, 0.29) is 5.91 Å². The Morgan fingerprint density at radius 2 is 1.28 bits per heavy atom. The normalized spacial score (nSPS) is 11.0. The van der Waals surface area contributed by atoms with E-state index in [2.05, 4.69) is 17.9 Å². The standard InChI is InChI=1S/C19H39NO4S/c1-22-14-15-24-17-16-23-13-12-20-19(21)11-9-7-5-3-2-4-6-8-10-18-25/h25H,2-18H2,1H3,(H,20,21). The van der Waals surface area contributed by atoms with Crippen molar-refractivity contribution in [1.29, 1.82) is 0 Å². The van der Waals surface area contributed by atoms with Crippen LogP contribution in [0.1, 0.15) is 64.2 Å². The first-order valence-corrected chi connectivity index (χ1v) is 10.5. The van der Waals surface area contributed by atoms with Gasteiger partial charge < -0.3 is 19.5 Å². The van der Waals surface area contributed by atoms with Crippen LogP contribution in [0.25, 0.3) is 0 Å². The monoisotopic (exact) mass is 377 g/mol. The zero-order valence-electron chi connectivity index (χ0n) is 16.1. The molecule has 5 nitrogen and oxygen atoms in total. The SMILES string of the molecule is COCCOCCOCCNC(=O)CCCCCCCCCCCS. The average molecular weight is 378 g/mol. The van der Waals surface area contributed by atoms with Crippen molar-refractivity contribution in [2.75, 3.05) is 52.4 Å². The third-order valence-corrected chi connectivity index (χ3v) is 4.25. The first-order chi connectivity index (χ1) is 12.3. The van der Waals surface area contributed by atoms with Crippen LogP contribution in [0, 0.1) is 0 Å². The van der Waals surface area contributed by atoms with Gasteiger partial charge in [0.25, 0.3) is 0 Å². The van der Waals surface area contributed by atoms with Gasteiger partial charge >= 0.3 is 0 Å². The second kappa shape index (κ2) is 21.7. The van der Waals surface area contributed by atoms with Gasteiger partial charge in [0.15, 0.2) is 0 Å². The predicted molar refractivity (Wildman–Crippen MR) is 107 cm³/mol. The number of unbranched alkanes of at least 4 members (excludes halogenated alkanes) is 8. The number of carbonyl (C=O) groups excluding carboxylic acids is 1. The van der Waals surface area contributed by atoms with Crippen molar-refractivity contribution in [3.63, 3.8) is 0 Å². The largest absolute Gasteiger partial charge is 0.382 e. The fourth-order valence-electron chi connectivity index (χ4n) is 2.45. The highest BCUT2D eigenvalue weighted by molar-refractivity contribution is 7.80. The molecule has 0 saturated carbocycles. The average Bonchev–Trinajstić information content (AvgIpc) is 2.62. The molecule has 0 bridgehead atoms. The molecule has 150 valence electrons. The van der Waals surface area contributed by atoms with E-state index in [4.69, 9.17) is 14.2 Å². The van der Waals surface area contributed by atoms with Crippen LogP contribution >= 0.6 is 12.6 Å². The molecule has 1 N–H and O–H groups in total. The molecule has 0 aromatic heterocycles. The van der Waals surface area contributed by atoms with E-state index >= 15 is 0 Å². The van der Waals surface area contributed by atoms with Crippen molar-refractivity contribution in [3.8, 4) is 0 Å². The van der Waals surface area contributed by atoms with E-state index in [1.54, 1.807) is 7.11 Å². The molecule has 0 saturated heterocycles. The number of hydrogen-bond acceptors (Lipinski definition) is 5. The summed E-state index contributed by atoms with van der Waals surface area (Å²) >= 11 is 4.22. The predicted octanol–water partition coefficient (Wildman–Crippen LogP) is 3.61. The summed E-state index contributed by atoms with van der Waals surface area (Å²) in [6.07, 6.45) is 11.9. The lowest BCUT2D eigenvalue weighted by molar-refractivity contribution is -0.121. The Hall–Kier alpha value is -0.300. The molecule has 6 heteroatoms. The molecular formula is C19H39NO4S. The Morgan fingerprint density at radius 1 is 0.760 bits per heavy atom. The molecule has 0 heterocycles. The summed E-state index contributed by atoms with van der Waals surface area (Å²) in [7, 11) is 1.65. The zero-order valence-corrected chi connectivity index (χ0v) is 17.0. The maximum Gasteiger partial charge on any atom is 0.220 e. The molecule has 0 aromatic rings. The third kappa shape index (κ3) is 21.7. The van der Waals surface area contributed by atoms with E-state index in [1.165, 1.54) is 44.9 Å². The van der Waals surface area contributed by atoms with Crippen LogP contribution in [0.4, 0.5) is 0 Å². The maximum absolute atomic E-state index is 11.7. The summed E-state index contributed by atoms with van der Waals surface area (Å²) < 4.78 is 15.5. The van der Waals surface area contributed by atoms with Gasteiger partial charge in [-0.2, -0.15) is 12.6 Å². The van der Waals surface area contributed by atoms with Gasteiger partial charge in [-0.1, -0.05) is 44.9 Å². The van der Waals surface area contributed by atoms with Gasteiger partial charge in [-0.25, -0.2) is 0 Å². The van der Waals surface area contributed by atoms with Crippen molar-refractivity contribution < 1.29 is 19.0 Å². The van der Waals surface area contributed by atoms with Crippen molar-refractivity contribution >= 4 is 18.5 Å². The lowest BCUT2D eigenvalue weighted by Crippen LogP contribution is -2.27. The summed E-state index contributed by atoms with van der Waals surface area (Å²) in [5.74, 6) is 1.14. The van der Waals surface area contributed by atoms with Gasteiger partial charge in [-0.3, -0.25) is 4.79 Å². The van der Waals surface area contributed by atoms with Crippen LogP contribution in [-0.2, 0) is 19.0 Å². The van der Waals surface area contributed by atoms with Crippen LogP contribution in [0.3, 0.4) is 0 Å². The number of ether oxygens (including phenoxy) is 3. The number of amides is 1. The number of methoxy groups -OCH3 is 1. The van der Waals surface area contributed by atoms with E-state index in [1.807, 2.05) is 0 Å². The lowest BCUT2D eigenvalue weighted by atomic mass is 10.1. The summed E-state index contributed by atoms with van der Waals surface area (Å²) in [5.41, 5.74) is 0. The van der Waals surface area contributed by atoms with Crippen LogP contribution < -0.4 is 5.32 Å². The highest BCUT2D eigenvalue weighted by atomic mass is 32.1. The fraction of sp³-hybridized carbons (Fsp3) is 0.947. The molecule has 0 atom stereocenters. The van der Waals surface area contributed by atoms with E-state index in [0.717, 1.165) is 18.6 Å². The first kappa shape index (κ1) is 24.7. The summed E-state index contributed by atoms with van der Waals surface area (Å²) in [4.78, 5) is 11.7. The molecule has 0 rings (SSSR count). The summed E-state index contributed by atoms with van der Waals surface area (Å²) in [6, 6.07) is 0. The second-order valence-electron chi connectivity index (χ2n) is 6.22. The number of nitrogens with one attached hydrogen (secondary N) is 1. The molecule has 0 aliphatic heterocycles. The molecule has 0 unspecified atom stereocenters. The Morgan fingerprint density at radius 3 is 1.88 bits per heavy atom. The highest BCUT2D eigenvalue weighted by Gasteiger charge is 2.00. The minimum Gasteiger partial charge on any atom is -0.382 e. The van der Waals surface area contributed by atoms with E-state index < -0.39 is 0 Å². The van der Waals surface area contributed by atoms with E-state index in [9.17, 15) is 4.79 Å². The van der Waals surface area contributed by atoms with Crippen molar-refractivity contribution in [2.45, 2.75) is 64.2 Å². The third-order valence-electron chi connectivity index (χ3n) is 3.93. The van der Waals surface area contributed by atoms with Crippen LogP contribution in [0.15, 0.2) is 0 Å². The molecule has 0 aliphatic carbocycles. The van der Waals surface area contributed by atoms with Crippen molar-refractivity contribution in [3.05, 3.63) is 0 Å². The number of rotatable bonds is 20. The number of carbonyl (C=O) groups is 1. The molecule has 0 aliphatic rings. The Labute approximate surface area is 160 Å².